The Kier molecular flexibility index (Phi) is 6.26. The zero-order valence-electron chi connectivity index (χ0n) is 15.9. The van der Waals surface area contributed by atoms with Crippen molar-refractivity contribution < 1.29 is 17.5 Å². The summed E-state index contributed by atoms with van der Waals surface area (Å²) < 4.78 is 45.5. The van der Waals surface area contributed by atoms with Crippen LogP contribution >= 0.6 is 11.8 Å². The van der Waals surface area contributed by atoms with Crippen LogP contribution in [0.5, 0.6) is 11.6 Å². The highest BCUT2D eigenvalue weighted by atomic mass is 32.2. The van der Waals surface area contributed by atoms with Crippen molar-refractivity contribution in [2.24, 2.45) is 0 Å². The second kappa shape index (κ2) is 9.07. The molecule has 0 amide bonds. The molecule has 0 bridgehead atoms. The average molecular weight is 447 g/mol. The van der Waals surface area contributed by atoms with Crippen LogP contribution in [-0.2, 0) is 10.0 Å². The zero-order valence-corrected chi connectivity index (χ0v) is 17.6. The first-order valence-corrected chi connectivity index (χ1v) is 11.7. The summed E-state index contributed by atoms with van der Waals surface area (Å²) >= 11 is 1.19. The fraction of sp³-hybridized carbons (Fsp3) is 0.250. The van der Waals surface area contributed by atoms with Crippen LogP contribution in [0, 0.1) is 5.82 Å². The monoisotopic (exact) mass is 446 g/mol. The van der Waals surface area contributed by atoms with Crippen LogP contribution in [0.3, 0.4) is 0 Å². The van der Waals surface area contributed by atoms with E-state index in [0.717, 1.165) is 19.3 Å². The molecule has 1 aliphatic rings. The van der Waals surface area contributed by atoms with E-state index in [0.29, 0.717) is 34.9 Å². The first-order valence-electron chi connectivity index (χ1n) is 9.41. The first-order chi connectivity index (χ1) is 14.5. The molecule has 0 unspecified atom stereocenters. The van der Waals surface area contributed by atoms with Gasteiger partial charge in [-0.2, -0.15) is 9.29 Å². The van der Waals surface area contributed by atoms with Crippen molar-refractivity contribution in [2.75, 3.05) is 13.1 Å². The molecule has 1 saturated heterocycles. The smallest absolute Gasteiger partial charge is 0.244 e. The summed E-state index contributed by atoms with van der Waals surface area (Å²) in [4.78, 5) is 12.9. The van der Waals surface area contributed by atoms with E-state index in [1.54, 1.807) is 24.4 Å². The summed E-state index contributed by atoms with van der Waals surface area (Å²) in [6, 6.07) is 10.4. The molecule has 1 aliphatic heterocycles. The number of halogens is 1. The topological polar surface area (TPSA) is 85.3 Å². The van der Waals surface area contributed by atoms with Gasteiger partial charge in [0.2, 0.25) is 15.9 Å². The number of pyridine rings is 1. The summed E-state index contributed by atoms with van der Waals surface area (Å²) in [7, 11) is -3.51. The molecule has 7 nitrogen and oxygen atoms in total. The number of benzene rings is 1. The van der Waals surface area contributed by atoms with Gasteiger partial charge in [-0.1, -0.05) is 6.42 Å². The van der Waals surface area contributed by atoms with Crippen LogP contribution in [0.25, 0.3) is 0 Å². The van der Waals surface area contributed by atoms with Crippen molar-refractivity contribution in [1.82, 2.24) is 19.3 Å². The molecule has 0 radical (unpaired) electrons. The molecular formula is C20H19FN4O3S2. The van der Waals surface area contributed by atoms with Crippen LogP contribution in [-0.4, -0.2) is 40.8 Å². The van der Waals surface area contributed by atoms with E-state index in [1.165, 1.54) is 46.5 Å². The lowest BCUT2D eigenvalue weighted by molar-refractivity contribution is 0.346. The highest BCUT2D eigenvalue weighted by molar-refractivity contribution is 7.99. The number of ether oxygens (including phenoxy) is 1. The van der Waals surface area contributed by atoms with Gasteiger partial charge in [0, 0.05) is 31.5 Å². The van der Waals surface area contributed by atoms with Gasteiger partial charge in [-0.15, -0.1) is 0 Å². The summed E-state index contributed by atoms with van der Waals surface area (Å²) in [5.74, 6) is 0.415. The maximum Gasteiger partial charge on any atom is 0.244 e. The van der Waals surface area contributed by atoms with Gasteiger partial charge in [-0.25, -0.2) is 22.8 Å². The van der Waals surface area contributed by atoms with Crippen molar-refractivity contribution in [3.05, 3.63) is 60.7 Å². The second-order valence-electron chi connectivity index (χ2n) is 6.63. The van der Waals surface area contributed by atoms with E-state index in [9.17, 15) is 12.8 Å². The van der Waals surface area contributed by atoms with E-state index in [1.807, 2.05) is 0 Å². The van der Waals surface area contributed by atoms with Crippen LogP contribution in [0.4, 0.5) is 4.39 Å². The zero-order chi connectivity index (χ0) is 21.0. The molecule has 10 heteroatoms. The molecule has 30 heavy (non-hydrogen) atoms. The van der Waals surface area contributed by atoms with Gasteiger partial charge in [-0.3, -0.25) is 0 Å². The van der Waals surface area contributed by atoms with Gasteiger partial charge in [0.15, 0.2) is 5.16 Å². The first kappa shape index (κ1) is 20.7. The molecule has 1 fully saturated rings. The largest absolute Gasteiger partial charge is 0.439 e. The van der Waals surface area contributed by atoms with Crippen LogP contribution < -0.4 is 4.74 Å². The van der Waals surface area contributed by atoms with E-state index in [4.69, 9.17) is 4.74 Å². The van der Waals surface area contributed by atoms with E-state index in [-0.39, 0.29) is 10.7 Å². The number of rotatable bonds is 6. The third kappa shape index (κ3) is 4.94. The second-order valence-corrected chi connectivity index (χ2v) is 9.56. The molecule has 1 aromatic carbocycles. The lowest BCUT2D eigenvalue weighted by Gasteiger charge is -2.25. The molecule has 0 spiro atoms. The normalized spacial score (nSPS) is 15.1. The Morgan fingerprint density at radius 3 is 2.43 bits per heavy atom. The van der Waals surface area contributed by atoms with E-state index < -0.39 is 10.0 Å². The Bertz CT molecular complexity index is 1100. The predicted octanol–water partition coefficient (Wildman–Crippen LogP) is 4.13. The Balaban J connectivity index is 1.45. The summed E-state index contributed by atoms with van der Waals surface area (Å²) in [5, 5.41) is 0.959. The number of aromatic nitrogens is 3. The molecule has 0 saturated carbocycles. The van der Waals surface area contributed by atoms with Crippen LogP contribution in [0.2, 0.25) is 0 Å². The Hall–Kier alpha value is -2.56. The molecule has 4 rings (SSSR count). The number of hydrogen-bond acceptors (Lipinski definition) is 7. The molecule has 3 aromatic rings. The quantitative estimate of drug-likeness (QED) is 0.526. The molecule has 3 heterocycles. The Labute approximate surface area is 178 Å². The van der Waals surface area contributed by atoms with Crippen molar-refractivity contribution in [2.45, 2.75) is 34.3 Å². The third-order valence-corrected chi connectivity index (χ3v) is 7.21. The maximum absolute atomic E-state index is 13.0. The summed E-state index contributed by atoms with van der Waals surface area (Å²) in [6.45, 7) is 1.10. The molecule has 0 atom stereocenters. The lowest BCUT2D eigenvalue weighted by atomic mass is 10.2. The lowest BCUT2D eigenvalue weighted by Crippen LogP contribution is -2.35. The standard InChI is InChI=1S/C20H19FN4O3S2/c21-15-4-6-16(7-5-15)28-18-10-11-22-20(24-18)29-19-9-8-17(14-23-19)30(26,27)25-12-2-1-3-13-25/h4-11,14H,1-3,12-13H2. The van der Waals surface area contributed by atoms with Gasteiger partial charge in [0.25, 0.3) is 0 Å². The van der Waals surface area contributed by atoms with Gasteiger partial charge in [0.1, 0.15) is 21.5 Å². The number of nitrogens with zero attached hydrogens (tertiary/aromatic N) is 4. The Morgan fingerprint density at radius 1 is 0.967 bits per heavy atom. The average Bonchev–Trinajstić information content (AvgIpc) is 2.77. The van der Waals surface area contributed by atoms with Crippen molar-refractivity contribution in [1.29, 1.82) is 0 Å². The minimum absolute atomic E-state index is 0.183. The van der Waals surface area contributed by atoms with Gasteiger partial charge in [0.05, 0.1) is 0 Å². The number of sulfonamides is 1. The van der Waals surface area contributed by atoms with Crippen LogP contribution in [0.1, 0.15) is 19.3 Å². The van der Waals surface area contributed by atoms with Gasteiger partial charge in [-0.05, 0) is 61.0 Å². The van der Waals surface area contributed by atoms with Crippen LogP contribution in [0.15, 0.2) is 69.9 Å². The molecule has 0 N–H and O–H groups in total. The van der Waals surface area contributed by atoms with E-state index >= 15 is 0 Å². The summed E-state index contributed by atoms with van der Waals surface area (Å²) in [5.41, 5.74) is 0. The van der Waals surface area contributed by atoms with Crippen molar-refractivity contribution >= 4 is 21.8 Å². The minimum Gasteiger partial charge on any atom is -0.439 e. The highest BCUT2D eigenvalue weighted by Crippen LogP contribution is 2.27. The van der Waals surface area contributed by atoms with Crippen molar-refractivity contribution in [3.8, 4) is 11.6 Å². The molecule has 2 aromatic heterocycles. The number of piperidine rings is 1. The van der Waals surface area contributed by atoms with Crippen molar-refractivity contribution in [3.63, 3.8) is 0 Å². The molecular weight excluding hydrogens is 427 g/mol. The molecule has 0 aliphatic carbocycles. The number of hydrogen-bond donors (Lipinski definition) is 0. The van der Waals surface area contributed by atoms with Gasteiger partial charge < -0.3 is 4.74 Å². The highest BCUT2D eigenvalue weighted by Gasteiger charge is 2.26. The van der Waals surface area contributed by atoms with Gasteiger partial charge >= 0.3 is 0 Å². The summed E-state index contributed by atoms with van der Waals surface area (Å²) in [6.07, 6.45) is 5.74. The maximum atomic E-state index is 13.0. The molecule has 156 valence electrons. The minimum atomic E-state index is -3.51. The fourth-order valence-electron chi connectivity index (χ4n) is 2.98. The third-order valence-electron chi connectivity index (χ3n) is 4.50. The van der Waals surface area contributed by atoms with E-state index in [2.05, 4.69) is 15.0 Å². The SMILES string of the molecule is O=S(=O)(c1ccc(Sc2nccc(Oc3ccc(F)cc3)n2)nc1)N1CCCCC1. The predicted molar refractivity (Wildman–Crippen MR) is 109 cm³/mol. The fourth-order valence-corrected chi connectivity index (χ4v) is 5.12. The Morgan fingerprint density at radius 2 is 1.73 bits per heavy atom.